The van der Waals surface area contributed by atoms with E-state index in [9.17, 15) is 13.5 Å². The number of nitrogens with zero attached hydrogens (tertiary/aromatic N) is 2. The van der Waals surface area contributed by atoms with Crippen LogP contribution in [0.1, 0.15) is 44.8 Å². The minimum Gasteiger partial charge on any atom is -0.447 e. The average molecular weight is 342 g/mol. The zero-order chi connectivity index (χ0) is 16.4. The molecule has 0 amide bonds. The molecule has 3 heterocycles. The number of hydrogen-bond acceptors (Lipinski definition) is 5. The highest BCUT2D eigenvalue weighted by atomic mass is 32.2. The molecule has 2 aliphatic rings. The van der Waals surface area contributed by atoms with Gasteiger partial charge in [-0.15, -0.1) is 0 Å². The second kappa shape index (κ2) is 6.93. The summed E-state index contributed by atoms with van der Waals surface area (Å²) in [6.45, 7) is 3.97. The van der Waals surface area contributed by atoms with Gasteiger partial charge in [0.05, 0.1) is 13.2 Å². The van der Waals surface area contributed by atoms with Crippen molar-refractivity contribution < 1.29 is 17.9 Å². The molecule has 23 heavy (non-hydrogen) atoms. The van der Waals surface area contributed by atoms with Crippen molar-refractivity contribution in [1.29, 1.82) is 0 Å². The number of aliphatic hydroxyl groups is 1. The van der Waals surface area contributed by atoms with Crippen LogP contribution in [0, 0.1) is 0 Å². The summed E-state index contributed by atoms with van der Waals surface area (Å²) >= 11 is 0. The Kier molecular flexibility index (Phi) is 5.10. The number of furan rings is 1. The van der Waals surface area contributed by atoms with Crippen LogP contribution in [0.5, 0.6) is 0 Å². The first-order chi connectivity index (χ1) is 11.0. The van der Waals surface area contributed by atoms with Crippen molar-refractivity contribution in [2.45, 2.75) is 62.7 Å². The van der Waals surface area contributed by atoms with Crippen molar-refractivity contribution >= 4 is 10.0 Å². The van der Waals surface area contributed by atoms with Crippen LogP contribution in [-0.4, -0.2) is 54.5 Å². The lowest BCUT2D eigenvalue weighted by Crippen LogP contribution is -2.46. The van der Waals surface area contributed by atoms with E-state index in [1.165, 1.54) is 4.31 Å². The number of likely N-dealkylation sites (tertiary alicyclic amines) is 1. The highest BCUT2D eigenvalue weighted by Gasteiger charge is 2.31. The zero-order valence-corrected chi connectivity index (χ0v) is 14.5. The molecule has 2 atom stereocenters. The van der Waals surface area contributed by atoms with Gasteiger partial charge in [-0.3, -0.25) is 4.90 Å². The molecular formula is C16H26N2O4S. The van der Waals surface area contributed by atoms with Gasteiger partial charge in [-0.25, -0.2) is 8.42 Å². The van der Waals surface area contributed by atoms with Gasteiger partial charge >= 0.3 is 0 Å². The summed E-state index contributed by atoms with van der Waals surface area (Å²) in [6, 6.07) is 3.80. The standard InChI is InChI=1S/C16H26N2O4S/c1-13-5-4-6-14(12-19)18(13)11-15-7-8-16(22-15)23(20,21)17-9-2-3-10-17/h7-8,13-14,19H,2-6,9-12H2,1H3. The van der Waals surface area contributed by atoms with Crippen LogP contribution in [0.15, 0.2) is 21.6 Å². The van der Waals surface area contributed by atoms with Crippen LogP contribution >= 0.6 is 0 Å². The minimum absolute atomic E-state index is 0.0413. The lowest BCUT2D eigenvalue weighted by atomic mass is 9.97. The molecule has 1 aromatic rings. The molecule has 2 aliphatic heterocycles. The van der Waals surface area contributed by atoms with Gasteiger partial charge in [0.25, 0.3) is 10.0 Å². The van der Waals surface area contributed by atoms with Gasteiger partial charge in [0.2, 0.25) is 5.09 Å². The Morgan fingerprint density at radius 2 is 1.96 bits per heavy atom. The lowest BCUT2D eigenvalue weighted by Gasteiger charge is -2.39. The Morgan fingerprint density at radius 3 is 2.65 bits per heavy atom. The third-order valence-electron chi connectivity index (χ3n) is 5.04. The van der Waals surface area contributed by atoms with Gasteiger partial charge in [0.15, 0.2) is 0 Å². The second-order valence-corrected chi connectivity index (χ2v) is 8.49. The highest BCUT2D eigenvalue weighted by Crippen LogP contribution is 2.27. The predicted octanol–water partition coefficient (Wildman–Crippen LogP) is 1.80. The number of rotatable bonds is 5. The summed E-state index contributed by atoms with van der Waals surface area (Å²) in [6.07, 6.45) is 5.01. The van der Waals surface area contributed by atoms with Gasteiger partial charge in [-0.05, 0) is 44.7 Å². The zero-order valence-electron chi connectivity index (χ0n) is 13.6. The van der Waals surface area contributed by atoms with E-state index in [0.717, 1.165) is 32.1 Å². The third-order valence-corrected chi connectivity index (χ3v) is 6.81. The van der Waals surface area contributed by atoms with Crippen molar-refractivity contribution in [1.82, 2.24) is 9.21 Å². The number of sulfonamides is 1. The fraction of sp³-hybridized carbons (Fsp3) is 0.750. The van der Waals surface area contributed by atoms with Crippen LogP contribution in [0.3, 0.4) is 0 Å². The van der Waals surface area contributed by atoms with Crippen LogP contribution in [-0.2, 0) is 16.6 Å². The lowest BCUT2D eigenvalue weighted by molar-refractivity contribution is 0.0389. The predicted molar refractivity (Wildman–Crippen MR) is 86.4 cm³/mol. The normalized spacial score (nSPS) is 27.6. The number of aliphatic hydroxyl groups excluding tert-OH is 1. The summed E-state index contributed by atoms with van der Waals surface area (Å²) in [5.41, 5.74) is 0. The van der Waals surface area contributed by atoms with Crippen LogP contribution in [0.25, 0.3) is 0 Å². The maximum atomic E-state index is 12.5. The Labute approximate surface area is 138 Å². The SMILES string of the molecule is CC1CCCC(CO)N1Cc1ccc(S(=O)(=O)N2CCCC2)o1. The molecule has 0 bridgehead atoms. The monoisotopic (exact) mass is 342 g/mol. The van der Waals surface area contributed by atoms with E-state index < -0.39 is 10.0 Å². The first kappa shape index (κ1) is 17.0. The topological polar surface area (TPSA) is 74.0 Å². The largest absolute Gasteiger partial charge is 0.447 e. The van der Waals surface area contributed by atoms with Gasteiger partial charge in [-0.1, -0.05) is 6.42 Å². The summed E-state index contributed by atoms with van der Waals surface area (Å²) in [4.78, 5) is 2.22. The van der Waals surface area contributed by atoms with E-state index >= 15 is 0 Å². The summed E-state index contributed by atoms with van der Waals surface area (Å²) < 4.78 is 32.2. The Bertz CT molecular complexity index is 622. The smallest absolute Gasteiger partial charge is 0.276 e. The van der Waals surface area contributed by atoms with Crippen molar-refractivity contribution in [2.24, 2.45) is 0 Å². The van der Waals surface area contributed by atoms with E-state index in [4.69, 9.17) is 4.42 Å². The van der Waals surface area contributed by atoms with Gasteiger partial charge in [0.1, 0.15) is 5.76 Å². The van der Waals surface area contributed by atoms with Crippen molar-refractivity contribution in [2.75, 3.05) is 19.7 Å². The van der Waals surface area contributed by atoms with Crippen molar-refractivity contribution in [3.63, 3.8) is 0 Å². The summed E-state index contributed by atoms with van der Waals surface area (Å²) in [5, 5.41) is 9.60. The Balaban J connectivity index is 1.74. The Morgan fingerprint density at radius 1 is 1.22 bits per heavy atom. The first-order valence-corrected chi connectivity index (χ1v) is 9.92. The fourth-order valence-electron chi connectivity index (χ4n) is 3.64. The van der Waals surface area contributed by atoms with Gasteiger partial charge in [0, 0.05) is 25.2 Å². The van der Waals surface area contributed by atoms with Crippen molar-refractivity contribution in [3.05, 3.63) is 17.9 Å². The van der Waals surface area contributed by atoms with Crippen LogP contribution < -0.4 is 0 Å². The average Bonchev–Trinajstić information content (AvgIpc) is 3.20. The maximum absolute atomic E-state index is 12.5. The van der Waals surface area contributed by atoms with E-state index in [-0.39, 0.29) is 17.7 Å². The molecule has 7 heteroatoms. The molecule has 3 rings (SSSR count). The molecular weight excluding hydrogens is 316 g/mol. The van der Waals surface area contributed by atoms with E-state index in [1.807, 2.05) is 0 Å². The Hall–Kier alpha value is -0.890. The second-order valence-electron chi connectivity index (χ2n) is 6.62. The van der Waals surface area contributed by atoms with Crippen LogP contribution in [0.4, 0.5) is 0 Å². The number of hydrogen-bond donors (Lipinski definition) is 1. The van der Waals surface area contributed by atoms with Gasteiger partial charge in [-0.2, -0.15) is 4.31 Å². The van der Waals surface area contributed by atoms with E-state index in [2.05, 4.69) is 11.8 Å². The highest BCUT2D eigenvalue weighted by molar-refractivity contribution is 7.89. The summed E-state index contributed by atoms with van der Waals surface area (Å²) in [5.74, 6) is 0.648. The molecule has 130 valence electrons. The molecule has 0 radical (unpaired) electrons. The fourth-order valence-corrected chi connectivity index (χ4v) is 5.08. The molecule has 6 nitrogen and oxygen atoms in total. The number of piperidine rings is 1. The van der Waals surface area contributed by atoms with E-state index in [0.29, 0.717) is 31.4 Å². The molecule has 0 saturated carbocycles. The minimum atomic E-state index is -3.49. The molecule has 0 aromatic carbocycles. The molecule has 0 aliphatic carbocycles. The quantitative estimate of drug-likeness (QED) is 0.883. The third kappa shape index (κ3) is 3.47. The molecule has 2 unspecified atom stereocenters. The molecule has 1 N–H and O–H groups in total. The van der Waals surface area contributed by atoms with Gasteiger partial charge < -0.3 is 9.52 Å². The maximum Gasteiger partial charge on any atom is 0.276 e. The molecule has 2 fully saturated rings. The molecule has 0 spiro atoms. The first-order valence-electron chi connectivity index (χ1n) is 8.48. The van der Waals surface area contributed by atoms with E-state index in [1.54, 1.807) is 12.1 Å². The molecule has 1 aromatic heterocycles. The summed E-state index contributed by atoms with van der Waals surface area (Å²) in [7, 11) is -3.49. The van der Waals surface area contributed by atoms with Crippen LogP contribution in [0.2, 0.25) is 0 Å². The molecule has 2 saturated heterocycles. The van der Waals surface area contributed by atoms with Crippen molar-refractivity contribution in [3.8, 4) is 0 Å².